The van der Waals surface area contributed by atoms with Gasteiger partial charge in [0.25, 0.3) is 0 Å². The van der Waals surface area contributed by atoms with Crippen molar-refractivity contribution in [1.82, 2.24) is 0 Å². The van der Waals surface area contributed by atoms with Crippen LogP contribution in [0.4, 0.5) is 0 Å². The van der Waals surface area contributed by atoms with Crippen LogP contribution in [0.25, 0.3) is 12.2 Å². The van der Waals surface area contributed by atoms with Crippen molar-refractivity contribution in [2.75, 3.05) is 13.2 Å². The summed E-state index contributed by atoms with van der Waals surface area (Å²) < 4.78 is 9.90. The Labute approximate surface area is 141 Å². The van der Waals surface area contributed by atoms with E-state index in [1.165, 1.54) is 12.2 Å². The molecule has 0 aromatic heterocycles. The van der Waals surface area contributed by atoms with E-state index < -0.39 is 11.9 Å². The van der Waals surface area contributed by atoms with Gasteiger partial charge in [-0.2, -0.15) is 0 Å². The molecule has 4 heteroatoms. The van der Waals surface area contributed by atoms with E-state index in [2.05, 4.69) is 0 Å². The quantitative estimate of drug-likeness (QED) is 0.445. The maximum Gasteiger partial charge on any atom is 0.330 e. The van der Waals surface area contributed by atoms with Gasteiger partial charge in [0.1, 0.15) is 13.2 Å². The largest absolute Gasteiger partial charge is 0.459 e. The van der Waals surface area contributed by atoms with Crippen molar-refractivity contribution < 1.29 is 19.1 Å². The number of esters is 2. The molecule has 2 aromatic carbocycles. The number of benzene rings is 2. The number of hydrogen-bond donors (Lipinski definition) is 0. The lowest BCUT2D eigenvalue weighted by molar-refractivity contribution is -0.145. The molecule has 0 aliphatic rings. The highest BCUT2D eigenvalue weighted by Crippen LogP contribution is 2.02. The molecule has 24 heavy (non-hydrogen) atoms. The predicted molar refractivity (Wildman–Crippen MR) is 92.9 cm³/mol. The number of rotatable bonds is 7. The molecule has 2 aromatic rings. The summed E-state index contributed by atoms with van der Waals surface area (Å²) in [5, 5.41) is 0. The second kappa shape index (κ2) is 9.79. The van der Waals surface area contributed by atoms with Crippen LogP contribution in [0.3, 0.4) is 0 Å². The van der Waals surface area contributed by atoms with Gasteiger partial charge in [-0.25, -0.2) is 9.59 Å². The number of hydrogen-bond acceptors (Lipinski definition) is 4. The van der Waals surface area contributed by atoms with Gasteiger partial charge in [0.15, 0.2) is 0 Å². The van der Waals surface area contributed by atoms with Gasteiger partial charge in [-0.05, 0) is 23.3 Å². The Kier molecular flexibility index (Phi) is 7.02. The summed E-state index contributed by atoms with van der Waals surface area (Å²) in [5.41, 5.74) is 1.82. The molecule has 0 amide bonds. The highest BCUT2D eigenvalue weighted by atomic mass is 16.6. The van der Waals surface area contributed by atoms with E-state index in [0.717, 1.165) is 11.1 Å². The van der Waals surface area contributed by atoms with Crippen LogP contribution in [0.15, 0.2) is 72.8 Å². The zero-order valence-electron chi connectivity index (χ0n) is 13.1. The molecule has 0 aliphatic heterocycles. The van der Waals surface area contributed by atoms with Crippen molar-refractivity contribution in [2.24, 2.45) is 0 Å². The third-order valence-corrected chi connectivity index (χ3v) is 2.99. The fourth-order valence-corrected chi connectivity index (χ4v) is 1.84. The van der Waals surface area contributed by atoms with Crippen LogP contribution >= 0.6 is 0 Å². The first-order chi connectivity index (χ1) is 11.7. The first-order valence-electron chi connectivity index (χ1n) is 7.54. The van der Waals surface area contributed by atoms with Crippen molar-refractivity contribution in [3.8, 4) is 0 Å². The Balaban J connectivity index is 1.63. The molecule has 0 aliphatic carbocycles. The van der Waals surface area contributed by atoms with E-state index in [1.807, 2.05) is 60.7 Å². The fourth-order valence-electron chi connectivity index (χ4n) is 1.84. The van der Waals surface area contributed by atoms with Crippen LogP contribution < -0.4 is 0 Å². The van der Waals surface area contributed by atoms with Crippen molar-refractivity contribution in [3.63, 3.8) is 0 Å². The average Bonchev–Trinajstić information content (AvgIpc) is 2.63. The lowest BCUT2D eigenvalue weighted by Gasteiger charge is -2.02. The Morgan fingerprint density at radius 3 is 1.42 bits per heavy atom. The molecule has 0 fully saturated rings. The van der Waals surface area contributed by atoms with Crippen molar-refractivity contribution in [1.29, 1.82) is 0 Å². The number of carbonyl (C=O) groups is 2. The summed E-state index contributed by atoms with van der Waals surface area (Å²) in [5.74, 6) is -0.954. The SMILES string of the molecule is O=C(C=Cc1ccccc1)OCCOC(=O)C=Cc1ccccc1. The van der Waals surface area contributed by atoms with Crippen LogP contribution in [-0.4, -0.2) is 25.2 Å². The molecule has 122 valence electrons. The second-order valence-electron chi connectivity index (χ2n) is 4.82. The van der Waals surface area contributed by atoms with E-state index in [4.69, 9.17) is 9.47 Å². The topological polar surface area (TPSA) is 52.6 Å². The number of carbonyl (C=O) groups excluding carboxylic acids is 2. The molecular weight excluding hydrogens is 304 g/mol. The smallest absolute Gasteiger partial charge is 0.330 e. The van der Waals surface area contributed by atoms with Gasteiger partial charge in [-0.1, -0.05) is 60.7 Å². The molecule has 0 saturated carbocycles. The van der Waals surface area contributed by atoms with Crippen molar-refractivity contribution in [3.05, 3.63) is 83.9 Å². The zero-order chi connectivity index (χ0) is 17.0. The zero-order valence-corrected chi connectivity index (χ0v) is 13.1. The minimum Gasteiger partial charge on any atom is -0.459 e. The highest BCUT2D eigenvalue weighted by molar-refractivity contribution is 5.87. The van der Waals surface area contributed by atoms with Crippen LogP contribution in [0.5, 0.6) is 0 Å². The summed E-state index contributed by atoms with van der Waals surface area (Å²) in [6, 6.07) is 18.8. The molecule has 2 rings (SSSR count). The molecule has 0 radical (unpaired) electrons. The van der Waals surface area contributed by atoms with Crippen LogP contribution in [0.2, 0.25) is 0 Å². The Bertz CT molecular complexity index is 639. The van der Waals surface area contributed by atoms with Gasteiger partial charge in [0.05, 0.1) is 0 Å². The van der Waals surface area contributed by atoms with Gasteiger partial charge < -0.3 is 9.47 Å². The Morgan fingerprint density at radius 2 is 1.04 bits per heavy atom. The molecule has 0 atom stereocenters. The standard InChI is InChI=1S/C20H18O4/c21-19(13-11-17-7-3-1-4-8-17)23-15-16-24-20(22)14-12-18-9-5-2-6-10-18/h1-14H,15-16H2. The van der Waals surface area contributed by atoms with E-state index >= 15 is 0 Å². The van der Waals surface area contributed by atoms with Gasteiger partial charge in [0, 0.05) is 12.2 Å². The van der Waals surface area contributed by atoms with Crippen molar-refractivity contribution in [2.45, 2.75) is 0 Å². The Hall–Kier alpha value is -3.14. The summed E-state index contributed by atoms with van der Waals surface area (Å²) >= 11 is 0. The molecule has 0 saturated heterocycles. The fraction of sp³-hybridized carbons (Fsp3) is 0.100. The van der Waals surface area contributed by atoms with E-state index in [9.17, 15) is 9.59 Å². The molecule has 0 unspecified atom stereocenters. The molecule has 0 N–H and O–H groups in total. The van der Waals surface area contributed by atoms with Crippen LogP contribution in [0, 0.1) is 0 Å². The summed E-state index contributed by atoms with van der Waals surface area (Å²) in [6.45, 7) is 0.0335. The molecular formula is C20H18O4. The minimum absolute atomic E-state index is 0.0167. The van der Waals surface area contributed by atoms with Gasteiger partial charge in [-0.15, -0.1) is 0 Å². The minimum atomic E-state index is -0.477. The van der Waals surface area contributed by atoms with Gasteiger partial charge in [0.2, 0.25) is 0 Å². The average molecular weight is 322 g/mol. The third kappa shape index (κ3) is 6.75. The predicted octanol–water partition coefficient (Wildman–Crippen LogP) is 3.50. The Morgan fingerprint density at radius 1 is 0.667 bits per heavy atom. The summed E-state index contributed by atoms with van der Waals surface area (Å²) in [6.07, 6.45) is 6.01. The second-order valence-corrected chi connectivity index (χ2v) is 4.82. The van der Waals surface area contributed by atoms with E-state index in [-0.39, 0.29) is 13.2 Å². The van der Waals surface area contributed by atoms with E-state index in [0.29, 0.717) is 0 Å². The van der Waals surface area contributed by atoms with Crippen LogP contribution in [-0.2, 0) is 19.1 Å². The molecule has 4 nitrogen and oxygen atoms in total. The normalized spacial score (nSPS) is 10.8. The van der Waals surface area contributed by atoms with Crippen molar-refractivity contribution >= 4 is 24.1 Å². The molecule has 0 bridgehead atoms. The lowest BCUT2D eigenvalue weighted by Crippen LogP contribution is -2.11. The monoisotopic (exact) mass is 322 g/mol. The lowest BCUT2D eigenvalue weighted by atomic mass is 10.2. The first kappa shape index (κ1) is 17.2. The third-order valence-electron chi connectivity index (χ3n) is 2.99. The highest BCUT2D eigenvalue weighted by Gasteiger charge is 2.00. The number of ether oxygens (including phenoxy) is 2. The van der Waals surface area contributed by atoms with E-state index in [1.54, 1.807) is 12.2 Å². The molecule has 0 heterocycles. The first-order valence-corrected chi connectivity index (χ1v) is 7.54. The maximum atomic E-state index is 11.5. The summed E-state index contributed by atoms with van der Waals surface area (Å²) in [7, 11) is 0. The van der Waals surface area contributed by atoms with Gasteiger partial charge >= 0.3 is 11.9 Å². The molecule has 0 spiro atoms. The van der Waals surface area contributed by atoms with Gasteiger partial charge in [-0.3, -0.25) is 0 Å². The van der Waals surface area contributed by atoms with Crippen LogP contribution in [0.1, 0.15) is 11.1 Å². The maximum absolute atomic E-state index is 11.5. The summed E-state index contributed by atoms with van der Waals surface area (Å²) in [4.78, 5) is 23.0.